The second-order valence-corrected chi connectivity index (χ2v) is 8.99. The van der Waals surface area contributed by atoms with Gasteiger partial charge in [0.25, 0.3) is 5.69 Å². The first-order chi connectivity index (χ1) is 14.4. The van der Waals surface area contributed by atoms with Gasteiger partial charge in [-0.25, -0.2) is 8.42 Å². The molecule has 0 bridgehead atoms. The Labute approximate surface area is 173 Å². The van der Waals surface area contributed by atoms with Crippen LogP contribution in [0.2, 0.25) is 0 Å². The van der Waals surface area contributed by atoms with Crippen LogP contribution in [0, 0.1) is 10.1 Å². The molecule has 1 aliphatic rings. The molecule has 0 unspecified atom stereocenters. The van der Waals surface area contributed by atoms with Crippen molar-refractivity contribution in [2.75, 3.05) is 26.2 Å². The fourth-order valence-electron chi connectivity index (χ4n) is 3.65. The van der Waals surface area contributed by atoms with Gasteiger partial charge in [0.2, 0.25) is 10.0 Å². The second-order valence-electron chi connectivity index (χ2n) is 7.05. The van der Waals surface area contributed by atoms with Gasteiger partial charge in [0, 0.05) is 50.6 Å². The zero-order valence-electron chi connectivity index (χ0n) is 16.0. The maximum absolute atomic E-state index is 12.8. The molecule has 3 aromatic rings. The molecule has 0 spiro atoms. The molecule has 1 aliphatic heterocycles. The van der Waals surface area contributed by atoms with Gasteiger partial charge < -0.3 is 5.11 Å². The highest BCUT2D eigenvalue weighted by molar-refractivity contribution is 7.89. The first-order valence-corrected chi connectivity index (χ1v) is 10.8. The molecule has 1 N–H and O–H groups in total. The van der Waals surface area contributed by atoms with E-state index in [0.717, 1.165) is 0 Å². The number of pyridine rings is 1. The molecule has 9 nitrogen and oxygen atoms in total. The van der Waals surface area contributed by atoms with Gasteiger partial charge in [-0.2, -0.15) is 4.31 Å². The van der Waals surface area contributed by atoms with Gasteiger partial charge >= 0.3 is 0 Å². The number of sulfonamides is 1. The van der Waals surface area contributed by atoms with E-state index in [0.29, 0.717) is 31.7 Å². The molecule has 30 heavy (non-hydrogen) atoms. The average Bonchev–Trinajstić information content (AvgIpc) is 2.76. The number of benzene rings is 2. The lowest BCUT2D eigenvalue weighted by atomic mass is 10.1. The van der Waals surface area contributed by atoms with Crippen LogP contribution < -0.4 is 0 Å². The van der Waals surface area contributed by atoms with Gasteiger partial charge in [0.05, 0.1) is 15.2 Å². The minimum absolute atomic E-state index is 0.0875. The largest absolute Gasteiger partial charge is 0.505 e. The van der Waals surface area contributed by atoms with E-state index in [1.54, 1.807) is 42.5 Å². The van der Waals surface area contributed by atoms with Crippen LogP contribution in [0.5, 0.6) is 5.75 Å². The fourth-order valence-corrected chi connectivity index (χ4v) is 5.09. The van der Waals surface area contributed by atoms with Crippen LogP contribution in [-0.2, 0) is 16.6 Å². The first kappa shape index (κ1) is 20.2. The van der Waals surface area contributed by atoms with Crippen LogP contribution in [0.25, 0.3) is 10.9 Å². The van der Waals surface area contributed by atoms with E-state index in [-0.39, 0.29) is 33.8 Å². The van der Waals surface area contributed by atoms with Gasteiger partial charge in [-0.1, -0.05) is 18.2 Å². The lowest BCUT2D eigenvalue weighted by molar-refractivity contribution is -0.383. The molecule has 1 fully saturated rings. The lowest BCUT2D eigenvalue weighted by Crippen LogP contribution is -2.48. The summed E-state index contributed by atoms with van der Waals surface area (Å²) in [6, 6.07) is 12.8. The summed E-state index contributed by atoms with van der Waals surface area (Å²) < 4.78 is 26.9. The van der Waals surface area contributed by atoms with E-state index in [4.69, 9.17) is 0 Å². The molecule has 1 aromatic heterocycles. The number of aromatic nitrogens is 1. The Morgan fingerprint density at radius 3 is 2.43 bits per heavy atom. The van der Waals surface area contributed by atoms with Crippen LogP contribution in [-0.4, -0.2) is 58.8 Å². The number of non-ortho nitro benzene ring substituents is 1. The molecule has 4 rings (SSSR count). The van der Waals surface area contributed by atoms with Crippen molar-refractivity contribution < 1.29 is 18.4 Å². The molecule has 1 saturated heterocycles. The summed E-state index contributed by atoms with van der Waals surface area (Å²) in [5.74, 6) is -0.0875. The lowest BCUT2D eigenvalue weighted by Gasteiger charge is -2.34. The number of nitro benzene ring substituents is 1. The number of phenolic OH excluding ortho intramolecular Hbond substituents is 1. The standard InChI is InChI=1S/C20H20N4O5S/c25-20-15(13-18(24(26)27)17-7-4-8-21-19(17)20)14-22-9-11-23(12-10-22)30(28,29)16-5-2-1-3-6-16/h1-8,13,25H,9-12,14H2. The van der Waals surface area contributed by atoms with Crippen molar-refractivity contribution in [3.05, 3.63) is 70.4 Å². The summed E-state index contributed by atoms with van der Waals surface area (Å²) in [4.78, 5) is 17.3. The van der Waals surface area contributed by atoms with Gasteiger partial charge in [-0.15, -0.1) is 0 Å². The van der Waals surface area contributed by atoms with Gasteiger partial charge in [-0.3, -0.25) is 20.0 Å². The van der Waals surface area contributed by atoms with Crippen molar-refractivity contribution in [1.29, 1.82) is 0 Å². The number of phenols is 1. The number of aromatic hydroxyl groups is 1. The Morgan fingerprint density at radius 1 is 1.07 bits per heavy atom. The number of hydrogen-bond acceptors (Lipinski definition) is 7. The van der Waals surface area contributed by atoms with Crippen molar-refractivity contribution in [3.8, 4) is 5.75 Å². The molecular formula is C20H20N4O5S. The zero-order valence-corrected chi connectivity index (χ0v) is 16.8. The Morgan fingerprint density at radius 2 is 1.77 bits per heavy atom. The molecule has 2 aromatic carbocycles. The molecule has 0 saturated carbocycles. The molecule has 0 amide bonds. The predicted octanol–water partition coefficient (Wildman–Crippen LogP) is 2.36. The predicted molar refractivity (Wildman–Crippen MR) is 111 cm³/mol. The fraction of sp³-hybridized carbons (Fsp3) is 0.250. The van der Waals surface area contributed by atoms with Crippen LogP contribution in [0.3, 0.4) is 0 Å². The second kappa shape index (κ2) is 7.98. The molecule has 156 valence electrons. The number of nitrogens with zero attached hydrogens (tertiary/aromatic N) is 4. The first-order valence-electron chi connectivity index (χ1n) is 9.39. The minimum atomic E-state index is -3.56. The van der Waals surface area contributed by atoms with E-state index in [2.05, 4.69) is 4.98 Å². The van der Waals surface area contributed by atoms with Crippen molar-refractivity contribution in [3.63, 3.8) is 0 Å². The summed E-state index contributed by atoms with van der Waals surface area (Å²) >= 11 is 0. The summed E-state index contributed by atoms with van der Waals surface area (Å²) in [5.41, 5.74) is 0.468. The third-order valence-electron chi connectivity index (χ3n) is 5.23. The van der Waals surface area contributed by atoms with Crippen molar-refractivity contribution in [1.82, 2.24) is 14.2 Å². The molecule has 2 heterocycles. The highest BCUT2D eigenvalue weighted by Crippen LogP contribution is 2.35. The molecule has 0 radical (unpaired) electrons. The molecule has 0 aliphatic carbocycles. The smallest absolute Gasteiger partial charge is 0.279 e. The maximum Gasteiger partial charge on any atom is 0.279 e. The number of piperazine rings is 1. The van der Waals surface area contributed by atoms with E-state index < -0.39 is 14.9 Å². The van der Waals surface area contributed by atoms with Crippen molar-refractivity contribution in [2.45, 2.75) is 11.4 Å². The molecular weight excluding hydrogens is 408 g/mol. The van der Waals surface area contributed by atoms with E-state index in [9.17, 15) is 23.6 Å². The third kappa shape index (κ3) is 3.72. The molecule has 0 atom stereocenters. The van der Waals surface area contributed by atoms with Crippen LogP contribution in [0.15, 0.2) is 59.6 Å². The van der Waals surface area contributed by atoms with Gasteiger partial charge in [0.1, 0.15) is 11.3 Å². The number of rotatable bonds is 5. The number of fused-ring (bicyclic) bond motifs is 1. The normalized spacial score (nSPS) is 16.0. The molecule has 10 heteroatoms. The van der Waals surface area contributed by atoms with Crippen LogP contribution in [0.1, 0.15) is 5.56 Å². The Kier molecular flexibility index (Phi) is 5.37. The van der Waals surface area contributed by atoms with Gasteiger partial charge in [0.15, 0.2) is 0 Å². The maximum atomic E-state index is 12.8. The summed E-state index contributed by atoms with van der Waals surface area (Å²) in [6.45, 7) is 1.75. The topological polar surface area (TPSA) is 117 Å². The number of hydrogen-bond donors (Lipinski definition) is 1. The zero-order chi connectivity index (χ0) is 21.3. The third-order valence-corrected chi connectivity index (χ3v) is 7.14. The summed E-state index contributed by atoms with van der Waals surface area (Å²) in [7, 11) is -3.56. The minimum Gasteiger partial charge on any atom is -0.505 e. The van der Waals surface area contributed by atoms with Crippen LogP contribution >= 0.6 is 0 Å². The Bertz CT molecular complexity index is 1190. The Balaban J connectivity index is 1.53. The van der Waals surface area contributed by atoms with Gasteiger partial charge in [-0.05, 0) is 24.3 Å². The monoisotopic (exact) mass is 428 g/mol. The highest BCUT2D eigenvalue weighted by atomic mass is 32.2. The number of nitro groups is 1. The van der Waals surface area contributed by atoms with Crippen molar-refractivity contribution in [2.24, 2.45) is 0 Å². The Hall–Kier alpha value is -3.08. The highest BCUT2D eigenvalue weighted by Gasteiger charge is 2.29. The van der Waals surface area contributed by atoms with Crippen molar-refractivity contribution >= 4 is 26.6 Å². The quantitative estimate of drug-likeness (QED) is 0.490. The summed E-state index contributed by atoms with van der Waals surface area (Å²) in [5, 5.41) is 22.3. The van der Waals surface area contributed by atoms with E-state index in [1.807, 2.05) is 4.90 Å². The summed E-state index contributed by atoms with van der Waals surface area (Å²) in [6.07, 6.45) is 1.47. The van der Waals surface area contributed by atoms with Crippen LogP contribution in [0.4, 0.5) is 5.69 Å². The van der Waals surface area contributed by atoms with E-state index >= 15 is 0 Å². The average molecular weight is 428 g/mol. The SMILES string of the molecule is O=[N+]([O-])c1cc(CN2CCN(S(=O)(=O)c3ccccc3)CC2)c(O)c2ncccc12. The van der Waals surface area contributed by atoms with E-state index in [1.165, 1.54) is 16.6 Å².